The van der Waals surface area contributed by atoms with Crippen LogP contribution in [0.15, 0.2) is 24.5 Å². The third-order valence-corrected chi connectivity index (χ3v) is 9.79. The fourth-order valence-electron chi connectivity index (χ4n) is 8.13. The molecule has 4 aliphatic rings. The van der Waals surface area contributed by atoms with Crippen molar-refractivity contribution in [2.75, 3.05) is 7.05 Å². The molecule has 1 aromatic rings. The summed E-state index contributed by atoms with van der Waals surface area (Å²) < 4.78 is 0. The van der Waals surface area contributed by atoms with Gasteiger partial charge in [-0.15, -0.1) is 0 Å². The van der Waals surface area contributed by atoms with Crippen molar-refractivity contribution in [3.63, 3.8) is 0 Å². The topological polar surface area (TPSA) is 62.3 Å². The third kappa shape index (κ3) is 2.84. The molecule has 5 rings (SSSR count). The number of amides is 2. The van der Waals surface area contributed by atoms with Crippen molar-refractivity contribution in [1.29, 1.82) is 0 Å². The first kappa shape index (κ1) is 20.0. The fourth-order valence-corrected chi connectivity index (χ4v) is 8.13. The van der Waals surface area contributed by atoms with E-state index >= 15 is 0 Å². The summed E-state index contributed by atoms with van der Waals surface area (Å²) in [7, 11) is 2.03. The number of carbonyl (C=O) groups excluding carboxylic acids is 2. The van der Waals surface area contributed by atoms with Crippen molar-refractivity contribution in [2.24, 2.45) is 28.6 Å². The lowest BCUT2D eigenvalue weighted by Gasteiger charge is -2.61. The smallest absolute Gasteiger partial charge is 0.253 e. The van der Waals surface area contributed by atoms with Gasteiger partial charge in [0.2, 0.25) is 5.91 Å². The van der Waals surface area contributed by atoms with Gasteiger partial charge in [-0.05, 0) is 85.7 Å². The zero-order valence-electron chi connectivity index (χ0n) is 18.6. The van der Waals surface area contributed by atoms with Gasteiger partial charge in [0, 0.05) is 37.9 Å². The second kappa shape index (κ2) is 7.06. The van der Waals surface area contributed by atoms with E-state index in [0.29, 0.717) is 35.8 Å². The predicted molar refractivity (Wildman–Crippen MR) is 116 cm³/mol. The van der Waals surface area contributed by atoms with Gasteiger partial charge < -0.3 is 10.2 Å². The summed E-state index contributed by atoms with van der Waals surface area (Å²) in [5.41, 5.74) is 1.09. The van der Waals surface area contributed by atoms with E-state index in [1.54, 1.807) is 12.4 Å². The van der Waals surface area contributed by atoms with Crippen LogP contribution in [0.1, 0.15) is 75.6 Å². The van der Waals surface area contributed by atoms with E-state index in [4.69, 9.17) is 0 Å². The largest absolute Gasteiger partial charge is 0.349 e. The molecule has 1 N–H and O–H groups in total. The van der Waals surface area contributed by atoms with Crippen LogP contribution in [0.2, 0.25) is 0 Å². The van der Waals surface area contributed by atoms with Crippen molar-refractivity contribution in [3.05, 3.63) is 30.1 Å². The molecule has 1 saturated heterocycles. The number of piperidine rings is 1. The summed E-state index contributed by atoms with van der Waals surface area (Å²) in [5, 5.41) is 3.38. The number of likely N-dealkylation sites (tertiary alicyclic amines) is 1. The molecular formula is C25H35N3O2. The molecule has 7 atom stereocenters. The van der Waals surface area contributed by atoms with Gasteiger partial charge in [0.05, 0.1) is 5.56 Å². The first-order valence-electron chi connectivity index (χ1n) is 11.8. The number of pyridine rings is 1. The molecule has 162 valence electrons. The van der Waals surface area contributed by atoms with Crippen molar-refractivity contribution < 1.29 is 9.59 Å². The summed E-state index contributed by atoms with van der Waals surface area (Å²) in [5.74, 6) is 2.46. The van der Waals surface area contributed by atoms with E-state index in [1.807, 2.05) is 19.2 Å². The molecule has 2 amide bonds. The van der Waals surface area contributed by atoms with Gasteiger partial charge in [-0.1, -0.05) is 13.8 Å². The maximum Gasteiger partial charge on any atom is 0.253 e. The van der Waals surface area contributed by atoms with Gasteiger partial charge in [-0.3, -0.25) is 14.6 Å². The second-order valence-corrected chi connectivity index (χ2v) is 10.9. The van der Waals surface area contributed by atoms with E-state index in [2.05, 4.69) is 29.0 Å². The van der Waals surface area contributed by atoms with Crippen molar-refractivity contribution in [2.45, 2.75) is 77.3 Å². The Kier molecular flexibility index (Phi) is 4.71. The van der Waals surface area contributed by atoms with Gasteiger partial charge >= 0.3 is 0 Å². The van der Waals surface area contributed by atoms with E-state index in [9.17, 15) is 9.59 Å². The highest BCUT2D eigenvalue weighted by atomic mass is 16.2. The Labute approximate surface area is 180 Å². The summed E-state index contributed by atoms with van der Waals surface area (Å²) >= 11 is 0. The van der Waals surface area contributed by atoms with Crippen LogP contribution in [0.25, 0.3) is 0 Å². The molecule has 3 aliphatic carbocycles. The molecule has 5 heteroatoms. The second-order valence-electron chi connectivity index (χ2n) is 10.9. The summed E-state index contributed by atoms with van der Waals surface area (Å²) in [6, 6.07) is 4.32. The van der Waals surface area contributed by atoms with Crippen molar-refractivity contribution >= 4 is 11.8 Å². The van der Waals surface area contributed by atoms with Gasteiger partial charge in [-0.2, -0.15) is 0 Å². The third-order valence-electron chi connectivity index (χ3n) is 9.79. The van der Waals surface area contributed by atoms with Crippen LogP contribution in [0.4, 0.5) is 0 Å². The number of carbonyl (C=O) groups is 2. The zero-order chi connectivity index (χ0) is 21.1. The molecule has 1 unspecified atom stereocenters. The molecule has 0 spiro atoms. The van der Waals surface area contributed by atoms with Crippen LogP contribution in [0, 0.1) is 28.6 Å². The first-order chi connectivity index (χ1) is 14.3. The highest BCUT2D eigenvalue weighted by Gasteiger charge is 2.61. The molecule has 3 saturated carbocycles. The van der Waals surface area contributed by atoms with Gasteiger partial charge in [0.25, 0.3) is 5.91 Å². The lowest BCUT2D eigenvalue weighted by atomic mass is 9.47. The quantitative estimate of drug-likeness (QED) is 0.802. The highest BCUT2D eigenvalue weighted by Crippen LogP contribution is 2.64. The maximum absolute atomic E-state index is 12.8. The van der Waals surface area contributed by atoms with Gasteiger partial charge in [-0.25, -0.2) is 0 Å². The molecule has 2 heterocycles. The molecule has 1 aromatic heterocycles. The zero-order valence-corrected chi connectivity index (χ0v) is 18.6. The highest BCUT2D eigenvalue weighted by molar-refractivity contribution is 5.94. The van der Waals surface area contributed by atoms with E-state index in [0.717, 1.165) is 25.2 Å². The van der Waals surface area contributed by atoms with Gasteiger partial charge in [0.1, 0.15) is 0 Å². The van der Waals surface area contributed by atoms with Crippen LogP contribution < -0.4 is 5.32 Å². The average molecular weight is 410 g/mol. The van der Waals surface area contributed by atoms with E-state index < -0.39 is 0 Å². The molecule has 4 fully saturated rings. The number of aromatic nitrogens is 1. The number of nitrogens with zero attached hydrogens (tertiary/aromatic N) is 2. The number of nitrogens with one attached hydrogen (secondary N) is 1. The van der Waals surface area contributed by atoms with Gasteiger partial charge in [0.15, 0.2) is 0 Å². The van der Waals surface area contributed by atoms with Crippen molar-refractivity contribution in [1.82, 2.24) is 15.2 Å². The minimum Gasteiger partial charge on any atom is -0.349 e. The van der Waals surface area contributed by atoms with Crippen LogP contribution >= 0.6 is 0 Å². The Morgan fingerprint density at radius 3 is 2.67 bits per heavy atom. The monoisotopic (exact) mass is 409 g/mol. The van der Waals surface area contributed by atoms with Crippen molar-refractivity contribution in [3.8, 4) is 0 Å². The minimum atomic E-state index is 0.0141. The summed E-state index contributed by atoms with van der Waals surface area (Å²) in [6.45, 7) is 4.90. The maximum atomic E-state index is 12.8. The van der Waals surface area contributed by atoms with Crippen LogP contribution in [-0.2, 0) is 4.79 Å². The number of hydrogen-bond acceptors (Lipinski definition) is 3. The number of fused-ring (bicyclic) bond motifs is 5. The average Bonchev–Trinajstić information content (AvgIpc) is 3.08. The molecule has 5 nitrogen and oxygen atoms in total. The Morgan fingerprint density at radius 2 is 1.90 bits per heavy atom. The Bertz CT molecular complexity index is 842. The van der Waals surface area contributed by atoms with Crippen LogP contribution in [0.5, 0.6) is 0 Å². The van der Waals surface area contributed by atoms with Crippen LogP contribution in [-0.4, -0.2) is 40.8 Å². The molecule has 30 heavy (non-hydrogen) atoms. The number of hydrogen-bond donors (Lipinski definition) is 1. The Morgan fingerprint density at radius 1 is 1.10 bits per heavy atom. The Balaban J connectivity index is 1.35. The lowest BCUT2D eigenvalue weighted by Crippen LogP contribution is -2.62. The molecule has 0 bridgehead atoms. The molecule has 1 aliphatic heterocycles. The normalized spacial score (nSPS) is 42.8. The molecule has 0 radical (unpaired) electrons. The SMILES string of the molecule is CN1C(=O)CC[C@]2(C)[C@H]3CC[C@]4(C)C(NC(=O)c5cccnc5)CC[C@H]4[C@@H]3CC[C@@H]12. The lowest BCUT2D eigenvalue weighted by molar-refractivity contribution is -0.157. The standard InChI is InChI=1S/C25H35N3O2/c1-24-12-10-19-17(6-9-21-25(19,2)13-11-22(29)28(21)3)18(24)7-8-20(24)27-23(30)16-5-4-14-26-15-16/h4-5,14-15,17-21H,6-13H2,1-3H3,(H,27,30)/t17-,18-,19-,20?,21+,24-,25+/m0/s1. The summed E-state index contributed by atoms with van der Waals surface area (Å²) in [6.07, 6.45) is 12.2. The number of rotatable bonds is 2. The Hall–Kier alpha value is -1.91. The van der Waals surface area contributed by atoms with E-state index in [-0.39, 0.29) is 22.8 Å². The molecule has 0 aromatic carbocycles. The molecular weight excluding hydrogens is 374 g/mol. The first-order valence-corrected chi connectivity index (χ1v) is 11.8. The fraction of sp³-hybridized carbons (Fsp3) is 0.720. The summed E-state index contributed by atoms with van der Waals surface area (Å²) in [4.78, 5) is 31.3. The minimum absolute atomic E-state index is 0.0141. The van der Waals surface area contributed by atoms with Crippen LogP contribution in [0.3, 0.4) is 0 Å². The predicted octanol–water partition coefficient (Wildman–Crippen LogP) is 4.04. The van der Waals surface area contributed by atoms with E-state index in [1.165, 1.54) is 25.7 Å².